The van der Waals surface area contributed by atoms with Crippen LogP contribution in [-0.4, -0.2) is 32.3 Å². The van der Waals surface area contributed by atoms with E-state index in [1.807, 2.05) is 37.3 Å². The van der Waals surface area contributed by atoms with E-state index in [9.17, 15) is 0 Å². The van der Waals surface area contributed by atoms with Crippen molar-refractivity contribution in [3.8, 4) is 17.2 Å². The number of rotatable bonds is 9. The Kier molecular flexibility index (Phi) is 7.30. The molecule has 0 radical (unpaired) electrons. The number of methoxy groups -OCH3 is 2. The number of hydrogen-bond donors (Lipinski definition) is 0. The van der Waals surface area contributed by atoms with Crippen LogP contribution < -0.4 is 14.2 Å². The largest absolute Gasteiger partial charge is 0.497 e. The minimum Gasteiger partial charge on any atom is -0.497 e. The van der Waals surface area contributed by atoms with Crippen LogP contribution >= 0.6 is 0 Å². The molecule has 0 amide bonds. The summed E-state index contributed by atoms with van der Waals surface area (Å²) < 4.78 is 23.2. The second-order valence-electron chi connectivity index (χ2n) is 7.94. The first kappa shape index (κ1) is 22.2. The van der Waals surface area contributed by atoms with E-state index in [0.29, 0.717) is 13.2 Å². The summed E-state index contributed by atoms with van der Waals surface area (Å²) >= 11 is 0. The van der Waals surface area contributed by atoms with Gasteiger partial charge in [-0.05, 0) is 53.4 Å². The van der Waals surface area contributed by atoms with Crippen molar-refractivity contribution in [2.24, 2.45) is 0 Å². The normalized spacial score (nSPS) is 15.8. The molecular weight excluding hydrogens is 402 g/mol. The van der Waals surface area contributed by atoms with Crippen LogP contribution in [-0.2, 0) is 24.4 Å². The number of benzene rings is 3. The molecule has 0 saturated carbocycles. The lowest BCUT2D eigenvalue weighted by Crippen LogP contribution is -2.34. The van der Waals surface area contributed by atoms with Crippen LogP contribution in [0.25, 0.3) is 0 Å². The second-order valence-corrected chi connectivity index (χ2v) is 7.94. The molecule has 168 valence electrons. The van der Waals surface area contributed by atoms with Crippen molar-refractivity contribution >= 4 is 0 Å². The molecule has 0 N–H and O–H groups in total. The summed E-state index contributed by atoms with van der Waals surface area (Å²) in [5.74, 6) is 2.38. The topological polar surface area (TPSA) is 40.2 Å². The van der Waals surface area contributed by atoms with Crippen LogP contribution in [0.2, 0.25) is 0 Å². The lowest BCUT2D eigenvalue weighted by atomic mass is 9.95. The highest BCUT2D eigenvalue weighted by molar-refractivity contribution is 5.49. The maximum Gasteiger partial charge on any atom is 0.162 e. The van der Waals surface area contributed by atoms with Gasteiger partial charge in [-0.15, -0.1) is 0 Å². The van der Waals surface area contributed by atoms with Crippen molar-refractivity contribution in [2.75, 3.05) is 27.4 Å². The van der Waals surface area contributed by atoms with Crippen molar-refractivity contribution in [1.82, 2.24) is 4.90 Å². The third-order valence-corrected chi connectivity index (χ3v) is 5.76. The summed E-state index contributed by atoms with van der Waals surface area (Å²) in [6.07, 6.45) is -0.00743. The fourth-order valence-corrected chi connectivity index (χ4v) is 4.15. The SMILES string of the molecule is CCOC1CN(Cc2ccc(OC)cc2)Cc2cc(OC)c(OCc3ccccc3)cc21. The Hall–Kier alpha value is -3.02. The van der Waals surface area contributed by atoms with Crippen molar-refractivity contribution in [3.63, 3.8) is 0 Å². The average Bonchev–Trinajstić information content (AvgIpc) is 2.83. The molecule has 1 heterocycles. The van der Waals surface area contributed by atoms with E-state index in [1.54, 1.807) is 14.2 Å². The molecule has 3 aromatic carbocycles. The standard InChI is InChI=1S/C27H31NO4/c1-4-31-27-18-28(16-20-10-12-23(29-2)13-11-20)17-22-14-25(30-3)26(15-24(22)27)32-19-21-8-6-5-7-9-21/h5-15,27H,4,16-19H2,1-3H3. The van der Waals surface area contributed by atoms with E-state index < -0.39 is 0 Å². The van der Waals surface area contributed by atoms with E-state index in [0.717, 1.165) is 42.4 Å². The highest BCUT2D eigenvalue weighted by Gasteiger charge is 2.28. The first-order chi connectivity index (χ1) is 15.7. The van der Waals surface area contributed by atoms with Gasteiger partial charge >= 0.3 is 0 Å². The quantitative estimate of drug-likeness (QED) is 0.453. The summed E-state index contributed by atoms with van der Waals surface area (Å²) in [5, 5.41) is 0. The predicted octanol–water partition coefficient (Wildman–Crippen LogP) is 5.38. The van der Waals surface area contributed by atoms with Gasteiger partial charge in [0.15, 0.2) is 11.5 Å². The highest BCUT2D eigenvalue weighted by atomic mass is 16.5. The molecule has 5 heteroatoms. The van der Waals surface area contributed by atoms with Crippen LogP contribution in [0.5, 0.6) is 17.2 Å². The van der Waals surface area contributed by atoms with Crippen molar-refractivity contribution in [1.29, 1.82) is 0 Å². The third-order valence-electron chi connectivity index (χ3n) is 5.76. The summed E-state index contributed by atoms with van der Waals surface area (Å²) in [6.45, 7) is 5.71. The van der Waals surface area contributed by atoms with Crippen LogP contribution in [0, 0.1) is 0 Å². The van der Waals surface area contributed by atoms with Crippen LogP contribution in [0.4, 0.5) is 0 Å². The van der Waals surface area contributed by atoms with Crippen LogP contribution in [0.15, 0.2) is 66.7 Å². The van der Waals surface area contributed by atoms with Gasteiger partial charge in [-0.25, -0.2) is 0 Å². The van der Waals surface area contributed by atoms with Crippen LogP contribution in [0.3, 0.4) is 0 Å². The van der Waals surface area contributed by atoms with Crippen molar-refractivity contribution < 1.29 is 18.9 Å². The zero-order valence-corrected chi connectivity index (χ0v) is 19.0. The van der Waals surface area contributed by atoms with Gasteiger partial charge in [-0.3, -0.25) is 4.90 Å². The maximum atomic E-state index is 6.15. The highest BCUT2D eigenvalue weighted by Crippen LogP contribution is 2.39. The summed E-state index contributed by atoms with van der Waals surface area (Å²) in [6, 6.07) is 22.6. The fourth-order valence-electron chi connectivity index (χ4n) is 4.15. The Morgan fingerprint density at radius 3 is 2.34 bits per heavy atom. The molecule has 32 heavy (non-hydrogen) atoms. The first-order valence-electron chi connectivity index (χ1n) is 11.0. The molecule has 0 saturated heterocycles. The van der Waals surface area contributed by atoms with Crippen LogP contribution in [0.1, 0.15) is 35.3 Å². The van der Waals surface area contributed by atoms with Gasteiger partial charge in [-0.2, -0.15) is 0 Å². The summed E-state index contributed by atoms with van der Waals surface area (Å²) in [5.41, 5.74) is 4.77. The Labute approximate surface area is 190 Å². The molecule has 1 aliphatic rings. The molecule has 0 spiro atoms. The van der Waals surface area contributed by atoms with E-state index in [2.05, 4.69) is 41.3 Å². The lowest BCUT2D eigenvalue weighted by molar-refractivity contribution is 0.0171. The van der Waals surface area contributed by atoms with Gasteiger partial charge in [-0.1, -0.05) is 42.5 Å². The minimum absolute atomic E-state index is 0.00743. The molecule has 1 atom stereocenters. The second kappa shape index (κ2) is 10.5. The Balaban J connectivity index is 1.55. The third kappa shape index (κ3) is 5.23. The Morgan fingerprint density at radius 2 is 1.66 bits per heavy atom. The van der Waals surface area contributed by atoms with Gasteiger partial charge < -0.3 is 18.9 Å². The smallest absolute Gasteiger partial charge is 0.162 e. The van der Waals surface area contributed by atoms with Gasteiger partial charge in [0.25, 0.3) is 0 Å². The minimum atomic E-state index is -0.00743. The predicted molar refractivity (Wildman–Crippen MR) is 125 cm³/mol. The van der Waals surface area contributed by atoms with Gasteiger partial charge in [0, 0.05) is 26.2 Å². The molecule has 3 aromatic rings. The fraction of sp³-hybridized carbons (Fsp3) is 0.333. The van der Waals surface area contributed by atoms with Crippen molar-refractivity contribution in [2.45, 2.75) is 32.7 Å². The van der Waals surface area contributed by atoms with E-state index in [1.165, 1.54) is 16.7 Å². The zero-order chi connectivity index (χ0) is 22.3. The molecule has 1 unspecified atom stereocenters. The van der Waals surface area contributed by atoms with Gasteiger partial charge in [0.1, 0.15) is 12.4 Å². The van der Waals surface area contributed by atoms with Gasteiger partial charge in [0.05, 0.1) is 20.3 Å². The van der Waals surface area contributed by atoms with E-state index in [-0.39, 0.29) is 6.10 Å². The first-order valence-corrected chi connectivity index (χ1v) is 11.0. The maximum absolute atomic E-state index is 6.15. The molecule has 0 bridgehead atoms. The molecule has 4 rings (SSSR count). The summed E-state index contributed by atoms with van der Waals surface area (Å²) in [7, 11) is 3.38. The molecule has 1 aliphatic heterocycles. The lowest BCUT2D eigenvalue weighted by Gasteiger charge is -2.35. The molecular formula is C27H31NO4. The number of nitrogens with zero attached hydrogens (tertiary/aromatic N) is 1. The van der Waals surface area contributed by atoms with Gasteiger partial charge in [0.2, 0.25) is 0 Å². The van der Waals surface area contributed by atoms with Crippen molar-refractivity contribution in [3.05, 3.63) is 89.0 Å². The molecule has 0 fully saturated rings. The number of ether oxygens (including phenoxy) is 4. The number of fused-ring (bicyclic) bond motifs is 1. The monoisotopic (exact) mass is 433 g/mol. The zero-order valence-electron chi connectivity index (χ0n) is 19.0. The number of hydrogen-bond acceptors (Lipinski definition) is 5. The Bertz CT molecular complexity index is 1000. The molecule has 5 nitrogen and oxygen atoms in total. The van der Waals surface area contributed by atoms with E-state index in [4.69, 9.17) is 18.9 Å². The molecule has 0 aliphatic carbocycles. The molecule has 0 aromatic heterocycles. The average molecular weight is 434 g/mol. The summed E-state index contributed by atoms with van der Waals surface area (Å²) in [4.78, 5) is 2.41. The Morgan fingerprint density at radius 1 is 0.875 bits per heavy atom. The van der Waals surface area contributed by atoms with E-state index >= 15 is 0 Å².